The van der Waals surface area contributed by atoms with Crippen molar-refractivity contribution in [2.45, 2.75) is 45.7 Å². The predicted octanol–water partition coefficient (Wildman–Crippen LogP) is 1.57. The van der Waals surface area contributed by atoms with Gasteiger partial charge in [0.1, 0.15) is 6.04 Å². The molecule has 0 heterocycles. The van der Waals surface area contributed by atoms with Gasteiger partial charge in [-0.1, -0.05) is 32.0 Å². The van der Waals surface area contributed by atoms with Crippen molar-refractivity contribution in [2.24, 2.45) is 5.92 Å². The molecule has 1 aliphatic rings. The molecule has 6 nitrogen and oxygen atoms in total. The van der Waals surface area contributed by atoms with Crippen LogP contribution in [0.1, 0.15) is 42.6 Å². The minimum Gasteiger partial charge on any atom is -0.454 e. The number of esters is 1. The van der Waals surface area contributed by atoms with Crippen LogP contribution in [-0.2, 0) is 14.3 Å². The molecular weight excluding hydrogens is 308 g/mol. The molecule has 0 spiro atoms. The number of carbonyl (C=O) groups excluding carboxylic acids is 3. The fourth-order valence-electron chi connectivity index (χ4n) is 2.27. The number of ether oxygens (including phenoxy) is 1. The van der Waals surface area contributed by atoms with Gasteiger partial charge in [-0.05, 0) is 37.3 Å². The lowest BCUT2D eigenvalue weighted by Crippen LogP contribution is -2.46. The second kappa shape index (κ2) is 7.95. The van der Waals surface area contributed by atoms with Crippen molar-refractivity contribution in [1.82, 2.24) is 10.6 Å². The van der Waals surface area contributed by atoms with Gasteiger partial charge in [-0.15, -0.1) is 0 Å². The average Bonchev–Trinajstić information content (AvgIpc) is 3.34. The largest absolute Gasteiger partial charge is 0.454 e. The highest BCUT2D eigenvalue weighted by atomic mass is 16.5. The molecule has 0 saturated heterocycles. The van der Waals surface area contributed by atoms with Crippen LogP contribution in [-0.4, -0.2) is 36.5 Å². The van der Waals surface area contributed by atoms with Crippen LogP contribution in [0.3, 0.4) is 0 Å². The third kappa shape index (κ3) is 5.08. The zero-order valence-corrected chi connectivity index (χ0v) is 14.3. The van der Waals surface area contributed by atoms with Crippen LogP contribution in [0.25, 0.3) is 0 Å². The van der Waals surface area contributed by atoms with Gasteiger partial charge in [0.05, 0.1) is 0 Å². The highest BCUT2D eigenvalue weighted by Gasteiger charge is 2.28. The van der Waals surface area contributed by atoms with E-state index in [0.717, 1.165) is 18.4 Å². The van der Waals surface area contributed by atoms with Gasteiger partial charge in [0.15, 0.2) is 6.61 Å². The Kier molecular flexibility index (Phi) is 5.95. The maximum Gasteiger partial charge on any atom is 0.329 e. The Balaban J connectivity index is 1.92. The lowest BCUT2D eigenvalue weighted by atomic mass is 10.0. The molecule has 0 radical (unpaired) electrons. The van der Waals surface area contributed by atoms with E-state index in [0.29, 0.717) is 5.56 Å². The molecule has 0 unspecified atom stereocenters. The molecule has 1 aromatic rings. The second-order valence-corrected chi connectivity index (χ2v) is 6.46. The summed E-state index contributed by atoms with van der Waals surface area (Å²) in [6.07, 6.45) is 1.95. The molecule has 130 valence electrons. The van der Waals surface area contributed by atoms with Crippen LogP contribution in [0.5, 0.6) is 0 Å². The van der Waals surface area contributed by atoms with Gasteiger partial charge in [-0.2, -0.15) is 0 Å². The minimum atomic E-state index is -0.800. The smallest absolute Gasteiger partial charge is 0.329 e. The zero-order chi connectivity index (χ0) is 17.7. The number of benzene rings is 1. The molecule has 24 heavy (non-hydrogen) atoms. The number of amides is 2. The Bertz CT molecular complexity index is 623. The highest BCUT2D eigenvalue weighted by Crippen LogP contribution is 2.18. The van der Waals surface area contributed by atoms with Crippen molar-refractivity contribution >= 4 is 17.8 Å². The minimum absolute atomic E-state index is 0.156. The lowest BCUT2D eigenvalue weighted by molar-refractivity contribution is -0.151. The van der Waals surface area contributed by atoms with Crippen LogP contribution in [0, 0.1) is 12.8 Å². The van der Waals surface area contributed by atoms with Gasteiger partial charge in [0.25, 0.3) is 11.8 Å². The molecule has 1 fully saturated rings. The summed E-state index contributed by atoms with van der Waals surface area (Å²) in [7, 11) is 0. The van der Waals surface area contributed by atoms with E-state index in [9.17, 15) is 14.4 Å². The van der Waals surface area contributed by atoms with E-state index < -0.39 is 12.0 Å². The number of carbonyl (C=O) groups is 3. The first kappa shape index (κ1) is 18.0. The molecule has 6 heteroatoms. The summed E-state index contributed by atoms with van der Waals surface area (Å²) in [6, 6.07) is 6.57. The van der Waals surface area contributed by atoms with Crippen molar-refractivity contribution < 1.29 is 19.1 Å². The normalized spacial score (nSPS) is 14.8. The molecule has 1 saturated carbocycles. The highest BCUT2D eigenvalue weighted by molar-refractivity contribution is 5.98. The van der Waals surface area contributed by atoms with Crippen LogP contribution in [0.2, 0.25) is 0 Å². The molecule has 1 atom stereocenters. The first-order valence-electron chi connectivity index (χ1n) is 8.21. The average molecular weight is 332 g/mol. The Morgan fingerprint density at radius 2 is 1.88 bits per heavy atom. The fraction of sp³-hybridized carbons (Fsp3) is 0.500. The van der Waals surface area contributed by atoms with Crippen LogP contribution in [0.4, 0.5) is 0 Å². The number of aryl methyl sites for hydroxylation is 1. The summed E-state index contributed by atoms with van der Waals surface area (Å²) in [6.45, 7) is 5.14. The van der Waals surface area contributed by atoms with Crippen molar-refractivity contribution in [3.63, 3.8) is 0 Å². The molecular formula is C18H24N2O4. The number of nitrogens with one attached hydrogen (secondary N) is 2. The quantitative estimate of drug-likeness (QED) is 0.742. The summed E-state index contributed by atoms with van der Waals surface area (Å²) >= 11 is 0. The van der Waals surface area contributed by atoms with Crippen molar-refractivity contribution in [2.75, 3.05) is 6.61 Å². The maximum absolute atomic E-state index is 12.4. The number of hydrogen-bond acceptors (Lipinski definition) is 4. The van der Waals surface area contributed by atoms with Crippen molar-refractivity contribution in [3.8, 4) is 0 Å². The Hall–Kier alpha value is -2.37. The molecule has 2 N–H and O–H groups in total. The van der Waals surface area contributed by atoms with Gasteiger partial charge >= 0.3 is 5.97 Å². The summed E-state index contributed by atoms with van der Waals surface area (Å²) in [5.41, 5.74) is 1.34. The monoisotopic (exact) mass is 332 g/mol. The zero-order valence-electron chi connectivity index (χ0n) is 14.3. The van der Waals surface area contributed by atoms with E-state index in [1.165, 1.54) is 0 Å². The predicted molar refractivity (Wildman–Crippen MR) is 89.4 cm³/mol. The van der Waals surface area contributed by atoms with E-state index in [-0.39, 0.29) is 30.4 Å². The molecule has 1 aliphatic carbocycles. The maximum atomic E-state index is 12.4. The Morgan fingerprint density at radius 3 is 2.46 bits per heavy atom. The Morgan fingerprint density at radius 1 is 1.21 bits per heavy atom. The van der Waals surface area contributed by atoms with Gasteiger partial charge in [0.2, 0.25) is 0 Å². The van der Waals surface area contributed by atoms with E-state index >= 15 is 0 Å². The Labute approximate surface area is 142 Å². The lowest BCUT2D eigenvalue weighted by Gasteiger charge is -2.21. The standard InChI is InChI=1S/C18H24N2O4/c1-11(2)16(18(23)24-10-15(21)19-13-8-9-13)20-17(22)14-7-5-4-6-12(14)3/h4-7,11,13,16H,8-10H2,1-3H3,(H,19,21)(H,20,22)/t16-/m1/s1. The van der Waals surface area contributed by atoms with Gasteiger partial charge in [0, 0.05) is 11.6 Å². The van der Waals surface area contributed by atoms with Crippen LogP contribution in [0.15, 0.2) is 24.3 Å². The van der Waals surface area contributed by atoms with E-state index in [1.807, 2.05) is 32.9 Å². The topological polar surface area (TPSA) is 84.5 Å². The van der Waals surface area contributed by atoms with Crippen LogP contribution < -0.4 is 10.6 Å². The van der Waals surface area contributed by atoms with Crippen molar-refractivity contribution in [1.29, 1.82) is 0 Å². The van der Waals surface area contributed by atoms with Gasteiger partial charge in [-0.3, -0.25) is 9.59 Å². The van der Waals surface area contributed by atoms with Crippen molar-refractivity contribution in [3.05, 3.63) is 35.4 Å². The molecule has 0 aliphatic heterocycles. The summed E-state index contributed by atoms with van der Waals surface area (Å²) in [4.78, 5) is 36.2. The number of rotatable bonds is 7. The van der Waals surface area contributed by atoms with Crippen LogP contribution >= 0.6 is 0 Å². The molecule has 0 aromatic heterocycles. The second-order valence-electron chi connectivity index (χ2n) is 6.46. The van der Waals surface area contributed by atoms with Gasteiger partial charge < -0.3 is 15.4 Å². The van der Waals surface area contributed by atoms with Gasteiger partial charge in [-0.25, -0.2) is 4.79 Å². The van der Waals surface area contributed by atoms with E-state index in [2.05, 4.69) is 10.6 Å². The summed E-state index contributed by atoms with van der Waals surface area (Å²) in [5.74, 6) is -1.39. The van der Waals surface area contributed by atoms with E-state index in [4.69, 9.17) is 4.74 Å². The molecule has 0 bridgehead atoms. The molecule has 2 rings (SSSR count). The first-order chi connectivity index (χ1) is 11.4. The third-order valence-electron chi connectivity index (χ3n) is 3.88. The number of hydrogen-bond donors (Lipinski definition) is 2. The third-order valence-corrected chi connectivity index (χ3v) is 3.88. The fourth-order valence-corrected chi connectivity index (χ4v) is 2.27. The summed E-state index contributed by atoms with van der Waals surface area (Å²) in [5, 5.41) is 5.45. The molecule has 2 amide bonds. The summed E-state index contributed by atoms with van der Waals surface area (Å²) < 4.78 is 5.06. The van der Waals surface area contributed by atoms with E-state index in [1.54, 1.807) is 12.1 Å². The SMILES string of the molecule is Cc1ccccc1C(=O)N[C@@H](C(=O)OCC(=O)NC1CC1)C(C)C. The first-order valence-corrected chi connectivity index (χ1v) is 8.21. The molecule has 1 aromatic carbocycles.